The van der Waals surface area contributed by atoms with E-state index in [9.17, 15) is 4.79 Å². The molecule has 1 amide bonds. The fourth-order valence-corrected chi connectivity index (χ4v) is 1.86. The zero-order valence-corrected chi connectivity index (χ0v) is 12.4. The molecule has 5 heteroatoms. The third kappa shape index (κ3) is 4.59. The molecule has 1 aromatic heterocycles. The highest BCUT2D eigenvalue weighted by atomic mass is 16.1. The summed E-state index contributed by atoms with van der Waals surface area (Å²) in [6.07, 6.45) is 1.62. The van der Waals surface area contributed by atoms with Gasteiger partial charge in [-0.05, 0) is 26.3 Å². The molecule has 1 atom stereocenters. The highest BCUT2D eigenvalue weighted by molar-refractivity contribution is 5.95. The Kier molecular flexibility index (Phi) is 5.89. The van der Waals surface area contributed by atoms with Crippen LogP contribution in [0.5, 0.6) is 0 Å². The van der Waals surface area contributed by atoms with Gasteiger partial charge in [0.1, 0.15) is 5.82 Å². The maximum absolute atomic E-state index is 12.2. The van der Waals surface area contributed by atoms with Crippen molar-refractivity contribution in [3.8, 4) is 0 Å². The molecule has 0 bridgehead atoms. The van der Waals surface area contributed by atoms with Crippen molar-refractivity contribution in [2.45, 2.75) is 46.6 Å². The van der Waals surface area contributed by atoms with E-state index in [1.54, 1.807) is 6.20 Å². The van der Waals surface area contributed by atoms with E-state index in [1.165, 1.54) is 0 Å². The minimum absolute atomic E-state index is 0.103. The first-order valence-corrected chi connectivity index (χ1v) is 6.80. The quantitative estimate of drug-likeness (QED) is 0.819. The molecule has 0 aliphatic heterocycles. The number of nitrogens with zero attached hydrogens (tertiary/aromatic N) is 2. The molecular formula is C14H24N4O. The molecule has 0 radical (unpaired) electrons. The van der Waals surface area contributed by atoms with Crippen molar-refractivity contribution >= 4 is 5.91 Å². The van der Waals surface area contributed by atoms with Gasteiger partial charge in [-0.1, -0.05) is 20.8 Å². The lowest BCUT2D eigenvalue weighted by molar-refractivity contribution is 0.0948. The molecule has 0 fully saturated rings. The van der Waals surface area contributed by atoms with Gasteiger partial charge in [-0.15, -0.1) is 0 Å². The first-order valence-electron chi connectivity index (χ1n) is 6.80. The van der Waals surface area contributed by atoms with Crippen molar-refractivity contribution in [1.82, 2.24) is 20.6 Å². The van der Waals surface area contributed by atoms with Crippen LogP contribution in [0.2, 0.25) is 0 Å². The largest absolute Gasteiger partial charge is 0.350 e. The number of aryl methyl sites for hydroxylation is 1. The molecule has 1 aromatic rings. The van der Waals surface area contributed by atoms with Gasteiger partial charge < -0.3 is 10.6 Å². The molecule has 0 aliphatic rings. The second-order valence-electron chi connectivity index (χ2n) is 5.04. The van der Waals surface area contributed by atoms with E-state index >= 15 is 0 Å². The summed E-state index contributed by atoms with van der Waals surface area (Å²) in [7, 11) is 0. The summed E-state index contributed by atoms with van der Waals surface area (Å²) in [5, 5.41) is 6.17. The van der Waals surface area contributed by atoms with Gasteiger partial charge in [-0.25, -0.2) is 9.97 Å². The third-order valence-corrected chi connectivity index (χ3v) is 2.85. The first-order chi connectivity index (χ1) is 8.95. The Morgan fingerprint density at radius 1 is 1.37 bits per heavy atom. The average molecular weight is 264 g/mol. The number of rotatable bonds is 6. The monoisotopic (exact) mass is 264 g/mol. The number of nitrogens with one attached hydrogen (secondary N) is 2. The number of carbonyl (C=O) groups is 1. The van der Waals surface area contributed by atoms with Gasteiger partial charge in [-0.3, -0.25) is 4.79 Å². The van der Waals surface area contributed by atoms with Crippen LogP contribution < -0.4 is 10.6 Å². The molecule has 106 valence electrons. The molecule has 0 saturated carbocycles. The molecule has 1 rings (SSSR count). The van der Waals surface area contributed by atoms with Crippen LogP contribution in [0.4, 0.5) is 0 Å². The molecule has 2 N–H and O–H groups in total. The lowest BCUT2D eigenvalue weighted by atomic mass is 10.0. The highest BCUT2D eigenvalue weighted by Crippen LogP contribution is 2.16. The van der Waals surface area contributed by atoms with Crippen molar-refractivity contribution < 1.29 is 4.79 Å². The number of likely N-dealkylation sites (N-methyl/N-ethyl adjacent to an activating group) is 1. The molecule has 0 aromatic carbocycles. The molecule has 0 unspecified atom stereocenters. The van der Waals surface area contributed by atoms with E-state index in [0.29, 0.717) is 17.9 Å². The number of aromatic nitrogens is 2. The van der Waals surface area contributed by atoms with Gasteiger partial charge in [0.05, 0.1) is 11.3 Å². The Morgan fingerprint density at radius 2 is 2.05 bits per heavy atom. The summed E-state index contributed by atoms with van der Waals surface area (Å²) < 4.78 is 0. The van der Waals surface area contributed by atoms with Gasteiger partial charge >= 0.3 is 0 Å². The molecule has 19 heavy (non-hydrogen) atoms. The minimum Gasteiger partial charge on any atom is -0.350 e. The average Bonchev–Trinajstić information content (AvgIpc) is 2.36. The van der Waals surface area contributed by atoms with Crippen LogP contribution in [0.3, 0.4) is 0 Å². The van der Waals surface area contributed by atoms with Crippen LogP contribution in [0.25, 0.3) is 0 Å². The van der Waals surface area contributed by atoms with Crippen molar-refractivity contribution in [1.29, 1.82) is 0 Å². The fraction of sp³-hybridized carbons (Fsp3) is 0.643. The fourth-order valence-electron chi connectivity index (χ4n) is 1.86. The molecule has 5 nitrogen and oxygen atoms in total. The summed E-state index contributed by atoms with van der Waals surface area (Å²) in [6.45, 7) is 11.5. The zero-order chi connectivity index (χ0) is 14.4. The summed E-state index contributed by atoms with van der Waals surface area (Å²) in [4.78, 5) is 20.7. The molecule has 0 aliphatic carbocycles. The second-order valence-corrected chi connectivity index (χ2v) is 5.04. The smallest absolute Gasteiger partial charge is 0.254 e. The molecule has 1 heterocycles. The summed E-state index contributed by atoms with van der Waals surface area (Å²) in [5.41, 5.74) is 1.38. The topological polar surface area (TPSA) is 66.9 Å². The predicted molar refractivity (Wildman–Crippen MR) is 76.3 cm³/mol. The van der Waals surface area contributed by atoms with E-state index in [4.69, 9.17) is 0 Å². The van der Waals surface area contributed by atoms with Crippen LogP contribution in [0.15, 0.2) is 6.20 Å². The van der Waals surface area contributed by atoms with E-state index < -0.39 is 0 Å². The van der Waals surface area contributed by atoms with Gasteiger partial charge in [-0.2, -0.15) is 0 Å². The van der Waals surface area contributed by atoms with Crippen molar-refractivity contribution in [3.63, 3.8) is 0 Å². The molecular weight excluding hydrogens is 240 g/mol. The Balaban J connectivity index is 2.76. The van der Waals surface area contributed by atoms with Crippen LogP contribution in [-0.4, -0.2) is 35.0 Å². The van der Waals surface area contributed by atoms with Crippen LogP contribution in [-0.2, 0) is 0 Å². The van der Waals surface area contributed by atoms with Crippen molar-refractivity contribution in [2.24, 2.45) is 0 Å². The van der Waals surface area contributed by atoms with Crippen LogP contribution >= 0.6 is 0 Å². The Morgan fingerprint density at radius 3 is 2.63 bits per heavy atom. The number of hydrogen-bond acceptors (Lipinski definition) is 4. The summed E-state index contributed by atoms with van der Waals surface area (Å²) >= 11 is 0. The van der Waals surface area contributed by atoms with Crippen molar-refractivity contribution in [3.05, 3.63) is 23.3 Å². The van der Waals surface area contributed by atoms with E-state index in [-0.39, 0.29) is 17.9 Å². The second kappa shape index (κ2) is 7.19. The normalized spacial score (nSPS) is 12.5. The third-order valence-electron chi connectivity index (χ3n) is 2.85. The van der Waals surface area contributed by atoms with E-state index in [2.05, 4.69) is 20.6 Å². The SMILES string of the molecule is CCN[C@H](C)CNC(=O)c1cnc(C)nc1C(C)C. The van der Waals surface area contributed by atoms with E-state index in [0.717, 1.165) is 12.2 Å². The van der Waals surface area contributed by atoms with Gasteiger partial charge in [0.2, 0.25) is 0 Å². The van der Waals surface area contributed by atoms with E-state index in [1.807, 2.05) is 34.6 Å². The highest BCUT2D eigenvalue weighted by Gasteiger charge is 2.16. The maximum atomic E-state index is 12.2. The lowest BCUT2D eigenvalue weighted by Gasteiger charge is -2.15. The van der Waals surface area contributed by atoms with Gasteiger partial charge in [0.15, 0.2) is 0 Å². The summed E-state index contributed by atoms with van der Waals surface area (Å²) in [6, 6.07) is 0.253. The number of carbonyl (C=O) groups excluding carboxylic acids is 1. The van der Waals surface area contributed by atoms with Gasteiger partial charge in [0, 0.05) is 18.8 Å². The molecule has 0 spiro atoms. The van der Waals surface area contributed by atoms with Gasteiger partial charge in [0.25, 0.3) is 5.91 Å². The zero-order valence-electron chi connectivity index (χ0n) is 12.4. The Hall–Kier alpha value is -1.49. The molecule has 0 saturated heterocycles. The van der Waals surface area contributed by atoms with Crippen LogP contribution in [0.1, 0.15) is 55.5 Å². The Labute approximate surface area is 115 Å². The maximum Gasteiger partial charge on any atom is 0.254 e. The first kappa shape index (κ1) is 15.6. The predicted octanol–water partition coefficient (Wildman–Crippen LogP) is 1.64. The van der Waals surface area contributed by atoms with Crippen LogP contribution in [0, 0.1) is 6.92 Å². The lowest BCUT2D eigenvalue weighted by Crippen LogP contribution is -2.39. The Bertz CT molecular complexity index is 431. The van der Waals surface area contributed by atoms with Crippen molar-refractivity contribution in [2.75, 3.05) is 13.1 Å². The number of hydrogen-bond donors (Lipinski definition) is 2. The standard InChI is InChI=1S/C14H24N4O/c1-6-15-10(4)7-17-14(19)12-8-16-11(5)18-13(12)9(2)3/h8-10,15H,6-7H2,1-5H3,(H,17,19)/t10-/m1/s1. The minimum atomic E-state index is -0.103. The summed E-state index contributed by atoms with van der Waals surface area (Å²) in [5.74, 6) is 0.795. The number of amides is 1.